The molecule has 180 valence electrons. The highest BCUT2D eigenvalue weighted by Crippen LogP contribution is 2.32. The second kappa shape index (κ2) is 10.1. The van der Waals surface area contributed by atoms with E-state index in [9.17, 15) is 19.8 Å². The Kier molecular flexibility index (Phi) is 6.98. The van der Waals surface area contributed by atoms with Crippen molar-refractivity contribution < 1.29 is 24.5 Å². The number of ether oxygens (including phenoxy) is 1. The van der Waals surface area contributed by atoms with E-state index in [1.807, 2.05) is 18.2 Å². The Morgan fingerprint density at radius 3 is 2.79 bits per heavy atom. The zero-order chi connectivity index (χ0) is 24.2. The Balaban J connectivity index is 1.51. The maximum absolute atomic E-state index is 11.9. The van der Waals surface area contributed by atoms with Crippen molar-refractivity contribution >= 4 is 34.5 Å². The molecule has 34 heavy (non-hydrogen) atoms. The number of likely N-dealkylation sites (N-methyl/N-ethyl adjacent to an activating group) is 1. The van der Waals surface area contributed by atoms with Crippen LogP contribution in [0.2, 0.25) is 0 Å². The molecule has 1 saturated heterocycles. The zero-order valence-electron chi connectivity index (χ0n) is 18.4. The Hall–Kier alpha value is -3.65. The number of rotatable bonds is 8. The first kappa shape index (κ1) is 23.5. The van der Waals surface area contributed by atoms with Crippen molar-refractivity contribution in [2.45, 2.75) is 37.5 Å². The summed E-state index contributed by atoms with van der Waals surface area (Å²) in [5, 5.41) is 29.1. The third-order valence-electron chi connectivity index (χ3n) is 5.42. The van der Waals surface area contributed by atoms with E-state index in [0.717, 1.165) is 5.56 Å². The number of hydrogen-bond donors (Lipinski definition) is 6. The number of imidazole rings is 1. The molecule has 0 aliphatic carbocycles. The summed E-state index contributed by atoms with van der Waals surface area (Å²) in [6, 6.07) is 7.34. The van der Waals surface area contributed by atoms with Crippen molar-refractivity contribution in [3.8, 4) is 0 Å². The van der Waals surface area contributed by atoms with Crippen molar-refractivity contribution in [3.63, 3.8) is 0 Å². The fourth-order valence-corrected chi connectivity index (χ4v) is 3.72. The Morgan fingerprint density at radius 1 is 1.21 bits per heavy atom. The molecule has 3 aromatic rings. The first-order valence-electron chi connectivity index (χ1n) is 10.7. The number of anilines is 2. The van der Waals surface area contributed by atoms with Crippen LogP contribution in [-0.4, -0.2) is 73.5 Å². The normalized spacial score (nSPS) is 22.0. The van der Waals surface area contributed by atoms with E-state index in [2.05, 4.69) is 30.9 Å². The van der Waals surface area contributed by atoms with Gasteiger partial charge in [0.05, 0.1) is 6.33 Å². The molecule has 0 bridgehead atoms. The average molecular weight is 470 g/mol. The van der Waals surface area contributed by atoms with Gasteiger partial charge in [0.1, 0.15) is 18.5 Å². The highest BCUT2D eigenvalue weighted by atomic mass is 16.6. The highest BCUT2D eigenvalue weighted by molar-refractivity contribution is 5.91. The molecule has 2 amide bonds. The van der Waals surface area contributed by atoms with Gasteiger partial charge in [-0.2, -0.15) is 0 Å². The summed E-state index contributed by atoms with van der Waals surface area (Å²) >= 11 is 0. The fraction of sp³-hybridized carbons (Fsp3) is 0.381. The van der Waals surface area contributed by atoms with Crippen molar-refractivity contribution in [1.29, 1.82) is 0 Å². The van der Waals surface area contributed by atoms with Crippen molar-refractivity contribution in [2.75, 3.05) is 24.2 Å². The molecule has 1 aliphatic heterocycles. The number of aromatic nitrogens is 4. The van der Waals surface area contributed by atoms with Crippen LogP contribution in [-0.2, 0) is 20.9 Å². The molecule has 13 heteroatoms. The first-order chi connectivity index (χ1) is 16.4. The van der Waals surface area contributed by atoms with Gasteiger partial charge in [-0.05, 0) is 17.7 Å². The van der Waals surface area contributed by atoms with Gasteiger partial charge < -0.3 is 36.6 Å². The predicted molar refractivity (Wildman–Crippen MR) is 121 cm³/mol. The summed E-state index contributed by atoms with van der Waals surface area (Å²) in [5.41, 5.74) is 7.74. The molecular weight excluding hydrogens is 444 g/mol. The summed E-state index contributed by atoms with van der Waals surface area (Å²) in [6.07, 6.45) is -2.06. The van der Waals surface area contributed by atoms with Crippen LogP contribution in [0.25, 0.3) is 11.2 Å². The van der Waals surface area contributed by atoms with Crippen LogP contribution in [0.3, 0.4) is 0 Å². The molecule has 0 spiro atoms. The molecule has 0 radical (unpaired) electrons. The van der Waals surface area contributed by atoms with Crippen LogP contribution < -0.4 is 21.7 Å². The molecule has 7 N–H and O–H groups in total. The molecule has 1 aromatic carbocycles. The third kappa shape index (κ3) is 4.68. The van der Waals surface area contributed by atoms with E-state index in [-0.39, 0.29) is 18.9 Å². The highest BCUT2D eigenvalue weighted by Gasteiger charge is 2.47. The standard InChI is InChI=1S/C21H26N8O5/c1-23-20(33)17-15(31)16(32)21(34-17)29-10-27-14-18(25-9-26-19(14)29)24-8-11-3-2-4-12(7-11)28-13(30)5-6-22/h2-4,7,9-10,15-17,21,31-32H,5-6,8,22H2,1H3,(H,23,33)(H,28,30)(H,24,25,26)/t15-,16+,17-,21+/m0/s1. The van der Waals surface area contributed by atoms with Gasteiger partial charge in [0.15, 0.2) is 29.3 Å². The van der Waals surface area contributed by atoms with Gasteiger partial charge in [-0.1, -0.05) is 12.1 Å². The summed E-state index contributed by atoms with van der Waals surface area (Å²) in [5.74, 6) is -0.259. The number of aliphatic hydroxyl groups excluding tert-OH is 2. The van der Waals surface area contributed by atoms with Crippen LogP contribution in [0.1, 0.15) is 18.2 Å². The fourth-order valence-electron chi connectivity index (χ4n) is 3.72. The molecule has 2 aromatic heterocycles. The number of fused-ring (bicyclic) bond motifs is 1. The topological polar surface area (TPSA) is 190 Å². The predicted octanol–water partition coefficient (Wildman–Crippen LogP) is -0.909. The molecule has 0 saturated carbocycles. The maximum atomic E-state index is 11.9. The van der Waals surface area contributed by atoms with Crippen LogP contribution in [0, 0.1) is 0 Å². The number of nitrogens with two attached hydrogens (primary N) is 1. The van der Waals surface area contributed by atoms with Gasteiger partial charge in [-0.15, -0.1) is 0 Å². The number of nitrogens with one attached hydrogen (secondary N) is 3. The lowest BCUT2D eigenvalue weighted by Gasteiger charge is -2.16. The van der Waals surface area contributed by atoms with E-state index in [1.54, 1.807) is 6.07 Å². The maximum Gasteiger partial charge on any atom is 0.251 e. The SMILES string of the molecule is CNC(=O)[C@H]1O[C@@H](n2cnc3c(NCc4cccc(NC(=O)CCN)c4)ncnc32)[C@H](O)[C@@H]1O. The summed E-state index contributed by atoms with van der Waals surface area (Å²) in [6.45, 7) is 0.664. The van der Waals surface area contributed by atoms with Crippen LogP contribution in [0.5, 0.6) is 0 Å². The molecule has 0 unspecified atom stereocenters. The average Bonchev–Trinajstić information content (AvgIpc) is 3.39. The number of aliphatic hydroxyl groups is 2. The monoisotopic (exact) mass is 470 g/mol. The van der Waals surface area contributed by atoms with Gasteiger partial charge in [0, 0.05) is 32.2 Å². The van der Waals surface area contributed by atoms with Crippen molar-refractivity contribution in [3.05, 3.63) is 42.5 Å². The lowest BCUT2D eigenvalue weighted by atomic mass is 10.1. The van der Waals surface area contributed by atoms with E-state index in [0.29, 0.717) is 29.2 Å². The lowest BCUT2D eigenvalue weighted by Crippen LogP contribution is -2.41. The lowest BCUT2D eigenvalue weighted by molar-refractivity contribution is -0.137. The molecule has 3 heterocycles. The summed E-state index contributed by atoms with van der Waals surface area (Å²) < 4.78 is 7.06. The number of nitrogens with zero attached hydrogens (tertiary/aromatic N) is 4. The van der Waals surface area contributed by atoms with Gasteiger partial charge in [0.2, 0.25) is 5.91 Å². The second-order valence-corrected chi connectivity index (χ2v) is 7.73. The quantitative estimate of drug-likeness (QED) is 0.240. The smallest absolute Gasteiger partial charge is 0.251 e. The number of hydrogen-bond acceptors (Lipinski definition) is 10. The van der Waals surface area contributed by atoms with Crippen LogP contribution >= 0.6 is 0 Å². The molecule has 1 fully saturated rings. The first-order valence-corrected chi connectivity index (χ1v) is 10.7. The van der Waals surface area contributed by atoms with E-state index >= 15 is 0 Å². The van der Waals surface area contributed by atoms with Crippen molar-refractivity contribution in [2.24, 2.45) is 5.73 Å². The summed E-state index contributed by atoms with van der Waals surface area (Å²) in [4.78, 5) is 36.5. The van der Waals surface area contributed by atoms with Gasteiger partial charge >= 0.3 is 0 Å². The second-order valence-electron chi connectivity index (χ2n) is 7.73. The van der Waals surface area contributed by atoms with Crippen LogP contribution in [0.15, 0.2) is 36.9 Å². The minimum atomic E-state index is -1.40. The summed E-state index contributed by atoms with van der Waals surface area (Å²) in [7, 11) is 1.42. The van der Waals surface area contributed by atoms with Crippen LogP contribution in [0.4, 0.5) is 11.5 Å². The van der Waals surface area contributed by atoms with E-state index in [4.69, 9.17) is 10.5 Å². The largest absolute Gasteiger partial charge is 0.387 e. The molecule has 4 atom stereocenters. The Labute approximate surface area is 194 Å². The number of amides is 2. The number of benzene rings is 1. The van der Waals surface area contributed by atoms with Crippen molar-refractivity contribution in [1.82, 2.24) is 24.8 Å². The minimum absolute atomic E-state index is 0.157. The Bertz CT molecular complexity index is 1180. The Morgan fingerprint density at radius 2 is 2.03 bits per heavy atom. The molecular formula is C21H26N8O5. The number of carbonyl (C=O) groups is 2. The van der Waals surface area contributed by atoms with Gasteiger partial charge in [0.25, 0.3) is 5.91 Å². The molecule has 4 rings (SSSR count). The minimum Gasteiger partial charge on any atom is -0.387 e. The van der Waals surface area contributed by atoms with E-state index < -0.39 is 30.4 Å². The van der Waals surface area contributed by atoms with Gasteiger partial charge in [-0.25, -0.2) is 15.0 Å². The van der Waals surface area contributed by atoms with Gasteiger partial charge in [-0.3, -0.25) is 14.2 Å². The third-order valence-corrected chi connectivity index (χ3v) is 5.42. The number of carbonyl (C=O) groups excluding carboxylic acids is 2. The molecule has 1 aliphatic rings. The zero-order valence-corrected chi connectivity index (χ0v) is 18.4. The molecule has 13 nitrogen and oxygen atoms in total. The van der Waals surface area contributed by atoms with E-state index in [1.165, 1.54) is 24.3 Å².